The standard InChI is InChI=1S/C44H42N2O8S/c47-31-54-41(46-43(52)53-29-32-16-6-1-7-17-32)27-26-40(49)45-38(39(48)28-37(42(50)51)33-18-8-2-9-19-33)30-55-44(34-20-10-3-11-21-34,35-22-12-4-13-23-35)36-24-14-5-15-25-36/h1-25,31,37-38,41H,26-30H2,(H,45,49)(H,46,52)(H,50,51)/t37-,38+,41-/m1/s1. The van der Waals surface area contributed by atoms with Crippen LogP contribution in [0, 0.1) is 0 Å². The molecule has 0 bridgehead atoms. The number of carboxylic acids is 1. The van der Waals surface area contributed by atoms with Crippen molar-refractivity contribution >= 4 is 42.0 Å². The number of carbonyl (C=O) groups is 5. The number of hydrogen-bond donors (Lipinski definition) is 3. The van der Waals surface area contributed by atoms with Crippen LogP contribution in [0.5, 0.6) is 0 Å². The van der Waals surface area contributed by atoms with Crippen LogP contribution in [0.1, 0.15) is 53.0 Å². The van der Waals surface area contributed by atoms with Crippen LogP contribution in [0.4, 0.5) is 4.79 Å². The fourth-order valence-corrected chi connectivity index (χ4v) is 7.83. The van der Waals surface area contributed by atoms with Gasteiger partial charge in [0.15, 0.2) is 12.0 Å². The molecule has 5 aromatic rings. The lowest BCUT2D eigenvalue weighted by molar-refractivity contribution is -0.141. The second-order valence-electron chi connectivity index (χ2n) is 12.6. The van der Waals surface area contributed by atoms with E-state index in [0.717, 1.165) is 22.3 Å². The van der Waals surface area contributed by atoms with Crippen LogP contribution in [0.2, 0.25) is 0 Å². The molecule has 2 amide bonds. The highest BCUT2D eigenvalue weighted by Crippen LogP contribution is 2.48. The summed E-state index contributed by atoms with van der Waals surface area (Å²) in [5.74, 6) is -3.26. The number of carbonyl (C=O) groups excluding carboxylic acids is 4. The number of benzene rings is 5. The highest BCUT2D eigenvalue weighted by atomic mass is 32.2. The van der Waals surface area contributed by atoms with Crippen LogP contribution in [-0.2, 0) is 40.0 Å². The van der Waals surface area contributed by atoms with Gasteiger partial charge in [0.25, 0.3) is 6.47 Å². The summed E-state index contributed by atoms with van der Waals surface area (Å²) < 4.78 is 9.43. The molecule has 55 heavy (non-hydrogen) atoms. The molecule has 0 saturated heterocycles. The minimum Gasteiger partial charge on any atom is -0.481 e. The first-order chi connectivity index (χ1) is 26.8. The third-order valence-electron chi connectivity index (χ3n) is 8.98. The number of hydrogen-bond acceptors (Lipinski definition) is 8. The number of aliphatic carboxylic acids is 1. The zero-order valence-corrected chi connectivity index (χ0v) is 30.8. The number of ketones is 1. The van der Waals surface area contributed by atoms with Gasteiger partial charge in [0, 0.05) is 25.0 Å². The van der Waals surface area contributed by atoms with Gasteiger partial charge in [-0.15, -0.1) is 11.8 Å². The fraction of sp³-hybridized carbons (Fsp3) is 0.205. The van der Waals surface area contributed by atoms with Crippen LogP contribution in [-0.4, -0.2) is 53.4 Å². The van der Waals surface area contributed by atoms with Crippen molar-refractivity contribution in [3.05, 3.63) is 179 Å². The van der Waals surface area contributed by atoms with E-state index in [1.807, 2.05) is 97.1 Å². The first kappa shape index (κ1) is 40.0. The SMILES string of the molecule is O=CO[C@H](CCC(=O)N[C@@H](CSC(c1ccccc1)(c1ccccc1)c1ccccc1)C(=O)C[C@@H](C(=O)O)c1ccccc1)NC(=O)OCc1ccccc1. The summed E-state index contributed by atoms with van der Waals surface area (Å²) in [6.07, 6.45) is -2.77. The van der Waals surface area contributed by atoms with Gasteiger partial charge in [-0.25, -0.2) is 4.79 Å². The van der Waals surface area contributed by atoms with Gasteiger partial charge in [-0.1, -0.05) is 152 Å². The van der Waals surface area contributed by atoms with E-state index in [2.05, 4.69) is 10.6 Å². The Balaban J connectivity index is 1.39. The van der Waals surface area contributed by atoms with Gasteiger partial charge in [-0.3, -0.25) is 24.5 Å². The average Bonchev–Trinajstić information content (AvgIpc) is 3.22. The van der Waals surface area contributed by atoms with Crippen molar-refractivity contribution in [2.24, 2.45) is 0 Å². The highest BCUT2D eigenvalue weighted by Gasteiger charge is 2.39. The third kappa shape index (κ3) is 11.2. The van der Waals surface area contributed by atoms with Gasteiger partial charge < -0.3 is 19.9 Å². The number of nitrogens with one attached hydrogen (secondary N) is 2. The molecule has 11 heteroatoms. The maximum atomic E-state index is 14.2. The molecule has 0 radical (unpaired) electrons. The number of alkyl carbamates (subject to hydrolysis) is 1. The van der Waals surface area contributed by atoms with Gasteiger partial charge in [0.1, 0.15) is 6.61 Å². The van der Waals surface area contributed by atoms with E-state index >= 15 is 0 Å². The predicted molar refractivity (Wildman–Crippen MR) is 210 cm³/mol. The molecule has 5 aromatic carbocycles. The molecule has 5 rings (SSSR count). The molecular formula is C44H42N2O8S. The molecule has 0 fully saturated rings. The maximum Gasteiger partial charge on any atom is 0.410 e. The summed E-state index contributed by atoms with van der Waals surface area (Å²) in [5, 5.41) is 15.5. The Kier molecular flexibility index (Phi) is 14.8. The highest BCUT2D eigenvalue weighted by molar-refractivity contribution is 8.00. The van der Waals surface area contributed by atoms with Crippen molar-refractivity contribution in [1.29, 1.82) is 0 Å². The van der Waals surface area contributed by atoms with Crippen molar-refractivity contribution in [2.45, 2.75) is 48.8 Å². The van der Waals surface area contributed by atoms with Crippen molar-refractivity contribution < 1.29 is 38.6 Å². The summed E-state index contributed by atoms with van der Waals surface area (Å²) >= 11 is 1.46. The van der Waals surface area contributed by atoms with Gasteiger partial charge in [-0.2, -0.15) is 0 Å². The minimum atomic E-state index is -1.19. The summed E-state index contributed by atoms with van der Waals surface area (Å²) in [6.45, 7) is 0.147. The minimum absolute atomic E-state index is 0.0147. The Bertz CT molecular complexity index is 1890. The van der Waals surface area contributed by atoms with Crippen molar-refractivity contribution in [3.8, 4) is 0 Å². The molecule has 0 unspecified atom stereocenters. The molecular weight excluding hydrogens is 717 g/mol. The lowest BCUT2D eigenvalue weighted by atomic mass is 9.84. The number of Topliss-reactive ketones (excluding diaryl/α,β-unsaturated/α-hetero) is 1. The quantitative estimate of drug-likeness (QED) is 0.0425. The summed E-state index contributed by atoms with van der Waals surface area (Å²) in [4.78, 5) is 64.1. The molecule has 3 atom stereocenters. The number of amides is 2. The Hall–Kier alpha value is -6.20. The Morgan fingerprint density at radius 1 is 0.691 bits per heavy atom. The van der Waals surface area contributed by atoms with Crippen molar-refractivity contribution in [1.82, 2.24) is 10.6 Å². The van der Waals surface area contributed by atoms with Gasteiger partial charge in [0.05, 0.1) is 16.7 Å². The van der Waals surface area contributed by atoms with Crippen LogP contribution < -0.4 is 10.6 Å². The number of carboxylic acid groups (broad SMARTS) is 1. The molecule has 3 N–H and O–H groups in total. The summed E-state index contributed by atoms with van der Waals surface area (Å²) in [5.41, 5.74) is 4.06. The molecule has 282 valence electrons. The lowest BCUT2D eigenvalue weighted by Gasteiger charge is -2.36. The Morgan fingerprint density at radius 2 is 1.18 bits per heavy atom. The molecule has 10 nitrogen and oxygen atoms in total. The summed E-state index contributed by atoms with van der Waals surface area (Å²) in [6, 6.07) is 46.0. The topological polar surface area (TPSA) is 148 Å². The normalized spacial score (nSPS) is 12.7. The van der Waals surface area contributed by atoms with E-state index in [-0.39, 0.29) is 38.1 Å². The van der Waals surface area contributed by atoms with E-state index in [1.165, 1.54) is 11.8 Å². The van der Waals surface area contributed by atoms with Crippen LogP contribution >= 0.6 is 11.8 Å². The smallest absolute Gasteiger partial charge is 0.410 e. The zero-order chi connectivity index (χ0) is 38.9. The number of ether oxygens (including phenoxy) is 2. The lowest BCUT2D eigenvalue weighted by Crippen LogP contribution is -2.45. The summed E-state index contributed by atoms with van der Waals surface area (Å²) in [7, 11) is 0. The van der Waals surface area contributed by atoms with E-state index in [9.17, 15) is 29.1 Å². The largest absolute Gasteiger partial charge is 0.481 e. The van der Waals surface area contributed by atoms with Crippen LogP contribution in [0.25, 0.3) is 0 Å². The molecule has 0 aliphatic carbocycles. The first-order valence-electron chi connectivity index (χ1n) is 17.8. The fourth-order valence-electron chi connectivity index (χ4n) is 6.23. The second-order valence-corrected chi connectivity index (χ2v) is 13.9. The molecule has 0 aromatic heterocycles. The number of rotatable bonds is 20. The second kappa shape index (κ2) is 20.3. The van der Waals surface area contributed by atoms with Crippen molar-refractivity contribution in [3.63, 3.8) is 0 Å². The molecule has 0 aliphatic heterocycles. The van der Waals surface area contributed by atoms with Crippen LogP contribution in [0.15, 0.2) is 152 Å². The van der Waals surface area contributed by atoms with E-state index in [0.29, 0.717) is 5.56 Å². The molecule has 0 spiro atoms. The van der Waals surface area contributed by atoms with Crippen molar-refractivity contribution in [2.75, 3.05) is 5.75 Å². The molecule has 0 heterocycles. The molecule has 0 saturated carbocycles. The van der Waals surface area contributed by atoms with Gasteiger partial charge in [0.2, 0.25) is 5.91 Å². The predicted octanol–water partition coefficient (Wildman–Crippen LogP) is 7.23. The zero-order valence-electron chi connectivity index (χ0n) is 30.0. The number of thioether (sulfide) groups is 1. The maximum absolute atomic E-state index is 14.2. The van der Waals surface area contributed by atoms with Crippen LogP contribution in [0.3, 0.4) is 0 Å². The average molecular weight is 759 g/mol. The molecule has 0 aliphatic rings. The first-order valence-corrected chi connectivity index (χ1v) is 18.8. The van der Waals surface area contributed by atoms with E-state index < -0.39 is 46.7 Å². The van der Waals surface area contributed by atoms with Gasteiger partial charge in [-0.05, 0) is 27.8 Å². The van der Waals surface area contributed by atoms with Gasteiger partial charge >= 0.3 is 12.1 Å². The van der Waals surface area contributed by atoms with E-state index in [4.69, 9.17) is 9.47 Å². The monoisotopic (exact) mass is 758 g/mol. The Morgan fingerprint density at radius 3 is 1.67 bits per heavy atom. The Labute approximate surface area is 324 Å². The third-order valence-corrected chi connectivity index (χ3v) is 10.6. The van der Waals surface area contributed by atoms with E-state index in [1.54, 1.807) is 54.6 Å².